The van der Waals surface area contributed by atoms with Gasteiger partial charge in [-0.15, -0.1) is 0 Å². The molecule has 2 aromatic rings. The molecule has 1 fully saturated rings. The van der Waals surface area contributed by atoms with Crippen LogP contribution in [0.1, 0.15) is 63.5 Å². The van der Waals surface area contributed by atoms with Crippen molar-refractivity contribution in [3.8, 4) is 0 Å². The van der Waals surface area contributed by atoms with Crippen molar-refractivity contribution < 1.29 is 18.0 Å². The van der Waals surface area contributed by atoms with E-state index in [9.17, 15) is 18.0 Å². The van der Waals surface area contributed by atoms with Crippen LogP contribution in [-0.4, -0.2) is 56.6 Å². The summed E-state index contributed by atoms with van der Waals surface area (Å²) >= 11 is 0. The van der Waals surface area contributed by atoms with E-state index in [0.29, 0.717) is 25.1 Å². The third-order valence-corrected chi connectivity index (χ3v) is 8.27. The molecule has 0 unspecified atom stereocenters. The molecule has 1 saturated carbocycles. The van der Waals surface area contributed by atoms with Crippen molar-refractivity contribution in [2.45, 2.75) is 77.3 Å². The third kappa shape index (κ3) is 8.32. The first kappa shape index (κ1) is 28.7. The largest absolute Gasteiger partial charge is 0.352 e. The van der Waals surface area contributed by atoms with Crippen molar-refractivity contribution in [1.82, 2.24) is 10.2 Å². The summed E-state index contributed by atoms with van der Waals surface area (Å²) in [5.74, 6) is -0.541. The summed E-state index contributed by atoms with van der Waals surface area (Å²) in [7, 11) is -3.72. The summed E-state index contributed by atoms with van der Waals surface area (Å²) in [5.41, 5.74) is 2.58. The third-order valence-electron chi connectivity index (χ3n) is 7.13. The van der Waals surface area contributed by atoms with E-state index in [0.717, 1.165) is 53.8 Å². The number of amides is 2. The molecular weight excluding hydrogens is 486 g/mol. The van der Waals surface area contributed by atoms with Crippen LogP contribution in [0.2, 0.25) is 0 Å². The van der Waals surface area contributed by atoms with E-state index >= 15 is 0 Å². The number of carbonyl (C=O) groups excluding carboxylic acids is 2. The van der Waals surface area contributed by atoms with Crippen LogP contribution < -0.4 is 9.62 Å². The Morgan fingerprint density at radius 1 is 0.946 bits per heavy atom. The summed E-state index contributed by atoms with van der Waals surface area (Å²) in [6.07, 6.45) is 8.25. The van der Waals surface area contributed by atoms with Gasteiger partial charge in [-0.25, -0.2) is 8.42 Å². The van der Waals surface area contributed by atoms with Crippen LogP contribution in [0, 0.1) is 0 Å². The number of nitrogens with zero attached hydrogens (tertiary/aromatic N) is 2. The van der Waals surface area contributed by atoms with E-state index < -0.39 is 16.1 Å². The predicted molar refractivity (Wildman–Crippen MR) is 149 cm³/mol. The molecule has 0 aromatic heterocycles. The maximum atomic E-state index is 13.8. The molecule has 0 spiro atoms. The molecule has 0 radical (unpaired) electrons. The maximum absolute atomic E-state index is 13.8. The molecule has 2 amide bonds. The molecule has 7 nitrogen and oxygen atoms in total. The zero-order valence-corrected chi connectivity index (χ0v) is 23.2. The average molecular weight is 528 g/mol. The van der Waals surface area contributed by atoms with Gasteiger partial charge in [0.05, 0.1) is 11.9 Å². The zero-order valence-electron chi connectivity index (χ0n) is 22.4. The summed E-state index contributed by atoms with van der Waals surface area (Å²) < 4.78 is 26.6. The highest BCUT2D eigenvalue weighted by atomic mass is 32.2. The van der Waals surface area contributed by atoms with Gasteiger partial charge >= 0.3 is 0 Å². The van der Waals surface area contributed by atoms with Crippen LogP contribution in [0.5, 0.6) is 0 Å². The molecule has 202 valence electrons. The Morgan fingerprint density at radius 2 is 1.59 bits per heavy atom. The number of anilines is 1. The first-order valence-corrected chi connectivity index (χ1v) is 15.3. The molecule has 0 bridgehead atoms. The highest BCUT2D eigenvalue weighted by molar-refractivity contribution is 7.92. The highest BCUT2D eigenvalue weighted by Crippen LogP contribution is 2.21. The monoisotopic (exact) mass is 527 g/mol. The van der Waals surface area contributed by atoms with Gasteiger partial charge in [0.25, 0.3) is 0 Å². The van der Waals surface area contributed by atoms with Crippen LogP contribution in [0.15, 0.2) is 54.6 Å². The first-order valence-electron chi connectivity index (χ1n) is 13.4. The van der Waals surface area contributed by atoms with Crippen LogP contribution in [-0.2, 0) is 32.5 Å². The Kier molecular flexibility index (Phi) is 10.6. The lowest BCUT2D eigenvalue weighted by atomic mass is 9.95. The number of hydrogen-bond donors (Lipinski definition) is 1. The molecule has 1 atom stereocenters. The summed E-state index contributed by atoms with van der Waals surface area (Å²) in [4.78, 5) is 28.7. The quantitative estimate of drug-likeness (QED) is 0.446. The van der Waals surface area contributed by atoms with Gasteiger partial charge in [-0.2, -0.15) is 0 Å². The lowest BCUT2D eigenvalue weighted by Gasteiger charge is -2.34. The number of rotatable bonds is 12. The first-order chi connectivity index (χ1) is 17.7. The fraction of sp³-hybridized carbons (Fsp3) is 0.517. The summed E-state index contributed by atoms with van der Waals surface area (Å²) in [6.45, 7) is 3.89. The lowest BCUT2D eigenvalue weighted by molar-refractivity contribution is -0.140. The summed E-state index contributed by atoms with van der Waals surface area (Å²) in [5, 5.41) is 3.17. The number of sulfonamides is 1. The normalized spacial score (nSPS) is 15.1. The fourth-order valence-corrected chi connectivity index (χ4v) is 5.80. The molecule has 0 heterocycles. The minimum absolute atomic E-state index is 0.131. The molecule has 1 N–H and O–H groups in total. The SMILES string of the molecule is CCc1ccc(N(CC(=O)N(CCc2ccccc2)[C@H](CC)C(=O)NC2CCCCC2)S(C)(=O)=O)cc1. The van der Waals surface area contributed by atoms with Gasteiger partial charge in [0.1, 0.15) is 12.6 Å². The Morgan fingerprint density at radius 3 is 2.16 bits per heavy atom. The van der Waals surface area contributed by atoms with Crippen LogP contribution in [0.4, 0.5) is 5.69 Å². The van der Waals surface area contributed by atoms with Crippen molar-refractivity contribution in [3.63, 3.8) is 0 Å². The van der Waals surface area contributed by atoms with Gasteiger partial charge in [0.2, 0.25) is 21.8 Å². The van der Waals surface area contributed by atoms with Gasteiger partial charge in [-0.3, -0.25) is 13.9 Å². The Bertz CT molecular complexity index is 1110. The topological polar surface area (TPSA) is 86.8 Å². The van der Waals surface area contributed by atoms with E-state index in [4.69, 9.17) is 0 Å². The molecule has 8 heteroatoms. The van der Waals surface area contributed by atoms with E-state index in [1.165, 1.54) is 6.42 Å². The van der Waals surface area contributed by atoms with Crippen molar-refractivity contribution in [3.05, 3.63) is 65.7 Å². The number of benzene rings is 2. The standard InChI is InChI=1S/C29H41N3O4S/c1-4-23-16-18-26(19-17-23)32(37(3,35)36)22-28(33)31(21-20-24-12-8-6-9-13-24)27(5-2)29(34)30-25-14-10-7-11-15-25/h6,8-9,12-13,16-19,25,27H,4-5,7,10-11,14-15,20-22H2,1-3H3,(H,30,34)/t27-/m1/s1. The maximum Gasteiger partial charge on any atom is 0.244 e. The molecule has 2 aromatic carbocycles. The van der Waals surface area contributed by atoms with Crippen molar-refractivity contribution in [2.24, 2.45) is 0 Å². The smallest absolute Gasteiger partial charge is 0.244 e. The van der Waals surface area contributed by atoms with E-state index in [1.807, 2.05) is 56.3 Å². The van der Waals surface area contributed by atoms with Gasteiger partial charge < -0.3 is 10.2 Å². The Hall–Kier alpha value is -2.87. The van der Waals surface area contributed by atoms with E-state index in [2.05, 4.69) is 5.32 Å². The van der Waals surface area contributed by atoms with Gasteiger partial charge in [0.15, 0.2) is 0 Å². The van der Waals surface area contributed by atoms with Gasteiger partial charge in [-0.05, 0) is 55.4 Å². The Labute approximate surface area is 222 Å². The van der Waals surface area contributed by atoms with E-state index in [-0.39, 0.29) is 24.4 Å². The number of hydrogen-bond acceptors (Lipinski definition) is 4. The van der Waals surface area contributed by atoms with Crippen LogP contribution in [0.25, 0.3) is 0 Å². The highest BCUT2D eigenvalue weighted by Gasteiger charge is 2.32. The minimum Gasteiger partial charge on any atom is -0.352 e. The van der Waals surface area contributed by atoms with Crippen molar-refractivity contribution in [2.75, 3.05) is 23.7 Å². The summed E-state index contributed by atoms with van der Waals surface area (Å²) in [6, 6.07) is 16.5. The number of aryl methyl sites for hydroxylation is 1. The van der Waals surface area contributed by atoms with Crippen LogP contribution in [0.3, 0.4) is 0 Å². The number of nitrogens with one attached hydrogen (secondary N) is 1. The molecular formula is C29H41N3O4S. The zero-order chi connectivity index (χ0) is 26.8. The predicted octanol–water partition coefficient (Wildman–Crippen LogP) is 4.31. The van der Waals surface area contributed by atoms with Crippen molar-refractivity contribution in [1.29, 1.82) is 0 Å². The van der Waals surface area contributed by atoms with Gasteiger partial charge in [-0.1, -0.05) is 75.6 Å². The van der Waals surface area contributed by atoms with E-state index in [1.54, 1.807) is 17.0 Å². The fourth-order valence-electron chi connectivity index (χ4n) is 4.95. The number of carbonyl (C=O) groups is 2. The Balaban J connectivity index is 1.85. The molecule has 0 saturated heterocycles. The van der Waals surface area contributed by atoms with Crippen molar-refractivity contribution >= 4 is 27.5 Å². The second kappa shape index (κ2) is 13.6. The lowest BCUT2D eigenvalue weighted by Crippen LogP contribution is -2.54. The molecule has 1 aliphatic carbocycles. The second-order valence-corrected chi connectivity index (χ2v) is 11.8. The second-order valence-electron chi connectivity index (χ2n) is 9.88. The molecule has 0 aliphatic heterocycles. The molecule has 37 heavy (non-hydrogen) atoms. The molecule has 1 aliphatic rings. The van der Waals surface area contributed by atoms with Gasteiger partial charge in [0, 0.05) is 12.6 Å². The average Bonchev–Trinajstić information content (AvgIpc) is 2.90. The van der Waals surface area contributed by atoms with Crippen LogP contribution >= 0.6 is 0 Å². The minimum atomic E-state index is -3.72. The molecule has 3 rings (SSSR count).